The van der Waals surface area contributed by atoms with Crippen molar-refractivity contribution >= 4 is 34.3 Å². The molecule has 0 aliphatic carbocycles. The van der Waals surface area contributed by atoms with Crippen LogP contribution < -0.4 is 26.2 Å². The van der Waals surface area contributed by atoms with Gasteiger partial charge in [-0.1, -0.05) is 54.6 Å². The number of fused-ring (bicyclic) bond motifs is 1. The summed E-state index contributed by atoms with van der Waals surface area (Å²) in [5.41, 5.74) is 5.54. The number of quaternary nitrogens is 1. The molecular formula is C44H52N5O7+. The molecule has 5 aromatic rings. The van der Waals surface area contributed by atoms with Crippen molar-refractivity contribution in [2.75, 3.05) is 51.0 Å². The fourth-order valence-electron chi connectivity index (χ4n) is 7.12. The number of rotatable bonds is 15. The number of amides is 2. The number of aliphatic hydroxyl groups is 1. The maximum atomic E-state index is 13.1. The lowest BCUT2D eigenvalue weighted by Gasteiger charge is -2.36. The molecular weight excluding hydrogens is 711 g/mol. The Morgan fingerprint density at radius 3 is 2.50 bits per heavy atom. The number of carbonyl (C=O) groups is 2. The lowest BCUT2D eigenvalue weighted by Crippen LogP contribution is -2.48. The summed E-state index contributed by atoms with van der Waals surface area (Å²) in [5, 5.41) is 31.0. The van der Waals surface area contributed by atoms with E-state index in [0.29, 0.717) is 60.5 Å². The largest absolute Gasteiger partial charge is 0.506 e. The number of aliphatic hydroxyl groups excluding tert-OH is 1. The first-order chi connectivity index (χ1) is 27.0. The molecule has 1 atom stereocenters. The van der Waals surface area contributed by atoms with E-state index in [1.807, 2.05) is 67.6 Å². The van der Waals surface area contributed by atoms with E-state index in [2.05, 4.69) is 35.0 Å². The standard InChI is InChI=1S/C44H51N5O7/c1-4-55-40-26-32(15-14-31(40)27-45-28-39(51)35-17-19-38(50)43-36(35)18-20-42(53)48-43)46-41(52)12-8-9-29-13-16-34(30-10-6-5-7-11-30)37(25-29)47-44(54)56-33-21-23-49(2,3)24-22-33/h5-7,10-11,13-20,25-26,33,39,45,51H,4,8-9,12,21-24,27-28H2,1-3H3,(H3-,46,47,48,50,52,53,54)/p+1/t39-/m0/s1. The summed E-state index contributed by atoms with van der Waals surface area (Å²) in [7, 11) is 4.39. The molecule has 2 heterocycles. The molecule has 1 saturated heterocycles. The third-order valence-electron chi connectivity index (χ3n) is 10.2. The Bertz CT molecular complexity index is 2190. The maximum absolute atomic E-state index is 13.1. The average molecular weight is 763 g/mol. The Labute approximate surface area is 327 Å². The van der Waals surface area contributed by atoms with Crippen LogP contribution in [0.3, 0.4) is 0 Å². The fraction of sp³-hybridized carbons (Fsp3) is 0.341. The van der Waals surface area contributed by atoms with Crippen LogP contribution in [0.2, 0.25) is 0 Å². The molecule has 2 amide bonds. The van der Waals surface area contributed by atoms with Gasteiger partial charge in [-0.05, 0) is 60.7 Å². The number of ether oxygens (including phenoxy) is 2. The normalized spacial score (nSPS) is 14.6. The number of nitrogens with one attached hydrogen (secondary N) is 4. The minimum absolute atomic E-state index is 0.0655. The van der Waals surface area contributed by atoms with E-state index in [0.717, 1.165) is 52.7 Å². The predicted octanol–water partition coefficient (Wildman–Crippen LogP) is 6.87. The van der Waals surface area contributed by atoms with Gasteiger partial charge in [0.25, 0.3) is 0 Å². The first-order valence-corrected chi connectivity index (χ1v) is 19.3. The molecule has 1 fully saturated rings. The number of phenolic OH excluding ortho intramolecular Hbond substituents is 1. The third kappa shape index (κ3) is 10.5. The monoisotopic (exact) mass is 762 g/mol. The topological polar surface area (TPSA) is 162 Å². The highest BCUT2D eigenvalue weighted by molar-refractivity contribution is 5.92. The summed E-state index contributed by atoms with van der Waals surface area (Å²) in [6.07, 6.45) is 1.75. The Hall–Kier alpha value is -5.69. The number of aryl methyl sites for hydroxylation is 1. The number of carbonyl (C=O) groups excluding carboxylic acids is 2. The second kappa shape index (κ2) is 18.3. The zero-order chi connectivity index (χ0) is 39.7. The van der Waals surface area contributed by atoms with Crippen LogP contribution in [-0.4, -0.2) is 78.1 Å². The number of benzene rings is 4. The number of anilines is 2. The molecule has 0 bridgehead atoms. The highest BCUT2D eigenvalue weighted by atomic mass is 16.6. The number of likely N-dealkylation sites (tertiary alicyclic amines) is 1. The Balaban J connectivity index is 1.03. The maximum Gasteiger partial charge on any atom is 0.411 e. The number of aromatic amines is 1. The Morgan fingerprint density at radius 1 is 0.946 bits per heavy atom. The molecule has 1 aromatic heterocycles. The van der Waals surface area contributed by atoms with Crippen LogP contribution in [0.4, 0.5) is 16.2 Å². The molecule has 294 valence electrons. The summed E-state index contributed by atoms with van der Waals surface area (Å²) in [5.74, 6) is 0.425. The first kappa shape index (κ1) is 40.0. The number of hydrogen-bond donors (Lipinski definition) is 6. The molecule has 6 N–H and O–H groups in total. The molecule has 6 rings (SSSR count). The lowest BCUT2D eigenvalue weighted by atomic mass is 9.99. The van der Waals surface area contributed by atoms with E-state index >= 15 is 0 Å². The van der Waals surface area contributed by atoms with E-state index in [1.54, 1.807) is 18.2 Å². The van der Waals surface area contributed by atoms with Gasteiger partial charge >= 0.3 is 6.09 Å². The molecule has 56 heavy (non-hydrogen) atoms. The molecule has 0 unspecified atom stereocenters. The van der Waals surface area contributed by atoms with Gasteiger partial charge in [0, 0.05) is 66.7 Å². The Kier molecular flexibility index (Phi) is 13.1. The van der Waals surface area contributed by atoms with Gasteiger partial charge in [0.15, 0.2) is 0 Å². The van der Waals surface area contributed by atoms with Crippen LogP contribution in [0.1, 0.15) is 55.4 Å². The average Bonchev–Trinajstić information content (AvgIpc) is 3.17. The second-order valence-electron chi connectivity index (χ2n) is 14.9. The summed E-state index contributed by atoms with van der Waals surface area (Å²) < 4.78 is 12.7. The summed E-state index contributed by atoms with van der Waals surface area (Å²) in [4.78, 5) is 40.5. The number of H-pyrrole nitrogens is 1. The molecule has 0 saturated carbocycles. The number of pyridine rings is 1. The number of nitrogens with zero attached hydrogens (tertiary/aromatic N) is 1. The van der Waals surface area contributed by atoms with Crippen molar-refractivity contribution in [3.63, 3.8) is 0 Å². The van der Waals surface area contributed by atoms with Gasteiger partial charge in [0.1, 0.15) is 17.6 Å². The van der Waals surface area contributed by atoms with Gasteiger partial charge in [-0.3, -0.25) is 14.9 Å². The smallest absolute Gasteiger partial charge is 0.411 e. The highest BCUT2D eigenvalue weighted by Gasteiger charge is 2.28. The van der Waals surface area contributed by atoms with Crippen LogP contribution >= 0.6 is 0 Å². The minimum Gasteiger partial charge on any atom is -0.506 e. The van der Waals surface area contributed by atoms with Crippen molar-refractivity contribution in [2.24, 2.45) is 0 Å². The zero-order valence-corrected chi connectivity index (χ0v) is 32.3. The van der Waals surface area contributed by atoms with Gasteiger partial charge in [0.05, 0.1) is 51.1 Å². The number of aromatic nitrogens is 1. The third-order valence-corrected chi connectivity index (χ3v) is 10.2. The SMILES string of the molecule is CCOc1cc(NC(=O)CCCc2ccc(-c3ccccc3)c(NC(=O)OC3CC[N+](C)(C)CC3)c2)ccc1CNC[C@H](O)c1ccc(O)c2[nH]c(=O)ccc12. The van der Waals surface area contributed by atoms with Crippen LogP contribution in [-0.2, 0) is 22.5 Å². The molecule has 1 aliphatic heterocycles. The van der Waals surface area contributed by atoms with Gasteiger partial charge < -0.3 is 39.8 Å². The summed E-state index contributed by atoms with van der Waals surface area (Å²) in [6.45, 7) is 4.85. The lowest BCUT2D eigenvalue weighted by molar-refractivity contribution is -0.896. The van der Waals surface area contributed by atoms with Gasteiger partial charge in [-0.15, -0.1) is 0 Å². The first-order valence-electron chi connectivity index (χ1n) is 19.3. The van der Waals surface area contributed by atoms with Gasteiger partial charge in [-0.2, -0.15) is 0 Å². The second-order valence-corrected chi connectivity index (χ2v) is 14.9. The van der Waals surface area contributed by atoms with Crippen molar-refractivity contribution in [1.29, 1.82) is 0 Å². The van der Waals surface area contributed by atoms with Gasteiger partial charge in [0.2, 0.25) is 11.5 Å². The van der Waals surface area contributed by atoms with E-state index in [1.165, 1.54) is 12.1 Å². The molecule has 12 heteroatoms. The predicted molar refractivity (Wildman–Crippen MR) is 219 cm³/mol. The molecule has 4 aromatic carbocycles. The zero-order valence-electron chi connectivity index (χ0n) is 32.3. The van der Waals surface area contributed by atoms with Crippen LogP contribution in [0.5, 0.6) is 11.5 Å². The molecule has 0 radical (unpaired) electrons. The van der Waals surface area contributed by atoms with E-state index in [-0.39, 0.29) is 35.4 Å². The van der Waals surface area contributed by atoms with E-state index in [4.69, 9.17) is 9.47 Å². The van der Waals surface area contributed by atoms with Crippen molar-refractivity contribution in [3.8, 4) is 22.6 Å². The van der Waals surface area contributed by atoms with Crippen molar-refractivity contribution < 1.29 is 33.8 Å². The number of hydrogen-bond acceptors (Lipinski definition) is 8. The number of aromatic hydroxyl groups is 1. The van der Waals surface area contributed by atoms with E-state index in [9.17, 15) is 24.6 Å². The summed E-state index contributed by atoms with van der Waals surface area (Å²) >= 11 is 0. The molecule has 0 spiro atoms. The van der Waals surface area contributed by atoms with Crippen LogP contribution in [0, 0.1) is 0 Å². The molecule has 1 aliphatic rings. The highest BCUT2D eigenvalue weighted by Crippen LogP contribution is 2.31. The summed E-state index contributed by atoms with van der Waals surface area (Å²) in [6, 6.07) is 27.4. The van der Waals surface area contributed by atoms with Crippen molar-refractivity contribution in [2.45, 2.75) is 57.8 Å². The number of piperidine rings is 1. The fourth-order valence-corrected chi connectivity index (χ4v) is 7.12. The van der Waals surface area contributed by atoms with Gasteiger partial charge in [-0.25, -0.2) is 4.79 Å². The quantitative estimate of drug-likeness (QED) is 0.0630. The van der Waals surface area contributed by atoms with Crippen molar-refractivity contribution in [1.82, 2.24) is 10.3 Å². The minimum atomic E-state index is -0.905. The van der Waals surface area contributed by atoms with Crippen LogP contribution in [0.25, 0.3) is 22.0 Å². The van der Waals surface area contributed by atoms with Crippen LogP contribution in [0.15, 0.2) is 95.8 Å². The molecule has 12 nitrogen and oxygen atoms in total. The Morgan fingerprint density at radius 2 is 1.73 bits per heavy atom. The van der Waals surface area contributed by atoms with E-state index < -0.39 is 12.2 Å². The van der Waals surface area contributed by atoms with Crippen molar-refractivity contribution in [3.05, 3.63) is 118 Å². The number of phenols is 1.